The van der Waals surface area contributed by atoms with Gasteiger partial charge in [0.05, 0.1) is 0 Å². The zero-order valence-corrected chi connectivity index (χ0v) is 6.23. The van der Waals surface area contributed by atoms with E-state index in [0.717, 1.165) is 13.0 Å². The number of halogens is 1. The summed E-state index contributed by atoms with van der Waals surface area (Å²) in [5.41, 5.74) is 0. The molecule has 3 nitrogen and oxygen atoms in total. The molecule has 58 valence electrons. The highest BCUT2D eigenvalue weighted by Gasteiger charge is 2.51. The number of carboxylic acid groups (broad SMARTS) is 1. The van der Waals surface area contributed by atoms with Crippen LogP contribution in [0.5, 0.6) is 0 Å². The smallest absolute Gasteiger partial charge is 0.320 e. The summed E-state index contributed by atoms with van der Waals surface area (Å²) in [5, 5.41) is 11.5. The maximum atomic E-state index is 10.4. The van der Waals surface area contributed by atoms with Crippen molar-refractivity contribution in [2.75, 3.05) is 6.54 Å². The number of carbonyl (C=O) groups is 1. The Morgan fingerprint density at radius 1 is 1.60 bits per heavy atom. The maximum absolute atomic E-state index is 10.4. The summed E-state index contributed by atoms with van der Waals surface area (Å²) in [7, 11) is 0. The quantitative estimate of drug-likeness (QED) is 0.577. The highest BCUT2D eigenvalue weighted by molar-refractivity contribution is 5.85. The second kappa shape index (κ2) is 2.40. The van der Waals surface area contributed by atoms with Gasteiger partial charge in [-0.05, 0) is 24.8 Å². The molecule has 1 aliphatic carbocycles. The van der Waals surface area contributed by atoms with Crippen LogP contribution in [0.15, 0.2) is 0 Å². The predicted molar refractivity (Wildman–Crippen MR) is 38.3 cm³/mol. The molecule has 1 heterocycles. The van der Waals surface area contributed by atoms with E-state index in [4.69, 9.17) is 5.11 Å². The zero-order valence-electron chi connectivity index (χ0n) is 5.41. The first kappa shape index (κ1) is 7.82. The molecule has 0 aromatic heterocycles. The standard InChI is InChI=1S/C6H9NO2.ClH/c8-6(9)5-4-1-3(4)2-7-5;/h3-5,7H,1-2H2,(H,8,9);1H/t3-,4-,5+;/m0./s1. The van der Waals surface area contributed by atoms with Crippen molar-refractivity contribution in [3.05, 3.63) is 0 Å². The second-order valence-corrected chi connectivity index (χ2v) is 2.88. The molecule has 0 unspecified atom stereocenters. The summed E-state index contributed by atoms with van der Waals surface area (Å²) in [6.45, 7) is 0.918. The van der Waals surface area contributed by atoms with Gasteiger partial charge in [0.2, 0.25) is 0 Å². The molecule has 0 amide bonds. The number of carboxylic acids is 1. The van der Waals surface area contributed by atoms with Gasteiger partial charge in [0.25, 0.3) is 0 Å². The predicted octanol–water partition coefficient (Wildman–Crippen LogP) is 0.101. The lowest BCUT2D eigenvalue weighted by Crippen LogP contribution is -2.34. The molecule has 0 bridgehead atoms. The van der Waals surface area contributed by atoms with Crippen LogP contribution in [0.4, 0.5) is 0 Å². The molecule has 0 aromatic carbocycles. The van der Waals surface area contributed by atoms with Crippen LogP contribution in [0.1, 0.15) is 6.42 Å². The van der Waals surface area contributed by atoms with Crippen molar-refractivity contribution in [3.63, 3.8) is 0 Å². The molecule has 2 fully saturated rings. The van der Waals surface area contributed by atoms with Crippen molar-refractivity contribution >= 4 is 18.4 Å². The Balaban J connectivity index is 0.000000500. The molecule has 2 rings (SSSR count). The summed E-state index contributed by atoms with van der Waals surface area (Å²) in [6, 6.07) is -0.227. The van der Waals surface area contributed by atoms with Crippen molar-refractivity contribution in [3.8, 4) is 0 Å². The number of aliphatic carboxylic acids is 1. The third-order valence-corrected chi connectivity index (χ3v) is 2.27. The average Bonchev–Trinajstić information content (AvgIpc) is 2.43. The van der Waals surface area contributed by atoms with Gasteiger partial charge in [0.1, 0.15) is 6.04 Å². The van der Waals surface area contributed by atoms with E-state index in [-0.39, 0.29) is 18.4 Å². The van der Waals surface area contributed by atoms with Crippen LogP contribution in [0.25, 0.3) is 0 Å². The van der Waals surface area contributed by atoms with Crippen LogP contribution >= 0.6 is 12.4 Å². The second-order valence-electron chi connectivity index (χ2n) is 2.88. The van der Waals surface area contributed by atoms with E-state index in [1.807, 2.05) is 0 Å². The van der Waals surface area contributed by atoms with Gasteiger partial charge in [0.15, 0.2) is 0 Å². The van der Waals surface area contributed by atoms with E-state index in [2.05, 4.69) is 5.32 Å². The van der Waals surface area contributed by atoms with Gasteiger partial charge in [-0.1, -0.05) is 0 Å². The topological polar surface area (TPSA) is 49.3 Å². The number of hydrogen-bond acceptors (Lipinski definition) is 2. The molecule has 2 aliphatic rings. The minimum atomic E-state index is -0.681. The SMILES string of the molecule is Cl.O=C(O)[C@@H]1NC[C@@H]2C[C@@H]21. The van der Waals surface area contributed by atoms with Gasteiger partial charge in [0, 0.05) is 0 Å². The minimum Gasteiger partial charge on any atom is -0.480 e. The lowest BCUT2D eigenvalue weighted by molar-refractivity contribution is -0.139. The molecule has 3 atom stereocenters. The fourth-order valence-electron chi connectivity index (χ4n) is 1.61. The van der Waals surface area contributed by atoms with E-state index in [1.54, 1.807) is 0 Å². The van der Waals surface area contributed by atoms with Crippen molar-refractivity contribution in [2.24, 2.45) is 11.8 Å². The third kappa shape index (κ3) is 0.995. The summed E-state index contributed by atoms with van der Waals surface area (Å²) >= 11 is 0. The fraction of sp³-hybridized carbons (Fsp3) is 0.833. The Morgan fingerprint density at radius 3 is 2.50 bits per heavy atom. The third-order valence-electron chi connectivity index (χ3n) is 2.27. The average molecular weight is 164 g/mol. The largest absolute Gasteiger partial charge is 0.480 e. The van der Waals surface area contributed by atoms with Crippen molar-refractivity contribution in [1.29, 1.82) is 0 Å². The Labute approximate surface area is 65.2 Å². The molecular weight excluding hydrogens is 154 g/mol. The molecule has 0 radical (unpaired) electrons. The van der Waals surface area contributed by atoms with Gasteiger partial charge in [-0.3, -0.25) is 4.79 Å². The van der Waals surface area contributed by atoms with Crippen LogP contribution in [-0.4, -0.2) is 23.7 Å². The van der Waals surface area contributed by atoms with Gasteiger partial charge < -0.3 is 10.4 Å². The van der Waals surface area contributed by atoms with Crippen LogP contribution < -0.4 is 5.32 Å². The molecular formula is C6H10ClNO2. The number of rotatable bonds is 1. The van der Waals surface area contributed by atoms with Gasteiger partial charge in [-0.15, -0.1) is 12.4 Å². The van der Waals surface area contributed by atoms with Crippen molar-refractivity contribution in [1.82, 2.24) is 5.32 Å². The number of hydrogen-bond donors (Lipinski definition) is 2. The summed E-state index contributed by atoms with van der Waals surface area (Å²) in [6.07, 6.45) is 1.13. The summed E-state index contributed by atoms with van der Waals surface area (Å²) in [5.74, 6) is 0.466. The number of piperidine rings is 1. The lowest BCUT2D eigenvalue weighted by Gasteiger charge is -2.04. The molecule has 2 N–H and O–H groups in total. The Morgan fingerprint density at radius 2 is 2.30 bits per heavy atom. The Hall–Kier alpha value is -0.280. The van der Waals surface area contributed by atoms with Crippen LogP contribution in [-0.2, 0) is 4.79 Å². The molecule has 1 aliphatic heterocycles. The maximum Gasteiger partial charge on any atom is 0.320 e. The molecule has 1 saturated carbocycles. The van der Waals surface area contributed by atoms with E-state index in [9.17, 15) is 4.79 Å². The van der Waals surface area contributed by atoms with E-state index >= 15 is 0 Å². The van der Waals surface area contributed by atoms with Gasteiger partial charge >= 0.3 is 5.97 Å². The lowest BCUT2D eigenvalue weighted by atomic mass is 10.2. The van der Waals surface area contributed by atoms with Crippen molar-refractivity contribution in [2.45, 2.75) is 12.5 Å². The van der Waals surface area contributed by atoms with Crippen molar-refractivity contribution < 1.29 is 9.90 Å². The van der Waals surface area contributed by atoms with Crippen LogP contribution in [0, 0.1) is 11.8 Å². The normalized spacial score (nSPS) is 41.8. The first-order valence-electron chi connectivity index (χ1n) is 3.25. The van der Waals surface area contributed by atoms with Gasteiger partial charge in [-0.25, -0.2) is 0 Å². The first-order chi connectivity index (χ1) is 4.29. The van der Waals surface area contributed by atoms with Crippen LogP contribution in [0.2, 0.25) is 0 Å². The van der Waals surface area contributed by atoms with E-state index < -0.39 is 5.97 Å². The van der Waals surface area contributed by atoms with E-state index in [1.165, 1.54) is 0 Å². The summed E-state index contributed by atoms with van der Waals surface area (Å²) < 4.78 is 0. The highest BCUT2D eigenvalue weighted by Crippen LogP contribution is 2.44. The number of nitrogens with one attached hydrogen (secondary N) is 1. The Bertz CT molecular complexity index is 162. The molecule has 0 aromatic rings. The zero-order chi connectivity index (χ0) is 6.43. The summed E-state index contributed by atoms with van der Waals surface area (Å²) in [4.78, 5) is 10.4. The van der Waals surface area contributed by atoms with E-state index in [0.29, 0.717) is 11.8 Å². The van der Waals surface area contributed by atoms with Gasteiger partial charge in [-0.2, -0.15) is 0 Å². The Kier molecular flexibility index (Phi) is 1.88. The fourth-order valence-corrected chi connectivity index (χ4v) is 1.61. The highest BCUT2D eigenvalue weighted by atomic mass is 35.5. The minimum absolute atomic E-state index is 0. The monoisotopic (exact) mass is 163 g/mol. The molecule has 1 saturated heterocycles. The van der Waals surface area contributed by atoms with Crippen LogP contribution in [0.3, 0.4) is 0 Å². The molecule has 0 spiro atoms. The molecule has 10 heavy (non-hydrogen) atoms. The number of fused-ring (bicyclic) bond motifs is 1. The molecule has 4 heteroatoms. The first-order valence-corrected chi connectivity index (χ1v) is 3.25.